The lowest BCUT2D eigenvalue weighted by molar-refractivity contribution is -0.138. The van der Waals surface area contributed by atoms with Gasteiger partial charge >= 0.3 is 0 Å². The summed E-state index contributed by atoms with van der Waals surface area (Å²) in [6, 6.07) is 6.78. The molecular formula is C23H36FN5O2. The number of nitrogens with one attached hydrogen (secondary N) is 2. The second kappa shape index (κ2) is 10.9. The van der Waals surface area contributed by atoms with Crippen molar-refractivity contribution >= 4 is 11.9 Å². The number of hydrogen-bond acceptors (Lipinski definition) is 4. The zero-order valence-corrected chi connectivity index (χ0v) is 19.0. The van der Waals surface area contributed by atoms with Crippen molar-refractivity contribution in [2.45, 2.75) is 31.7 Å². The highest BCUT2D eigenvalue weighted by Crippen LogP contribution is 2.38. The third-order valence-electron chi connectivity index (χ3n) is 6.44. The molecule has 2 N–H and O–H groups in total. The quantitative estimate of drug-likeness (QED) is 0.509. The maximum absolute atomic E-state index is 13.5. The Kier molecular flexibility index (Phi) is 8.26. The highest BCUT2D eigenvalue weighted by Gasteiger charge is 2.42. The van der Waals surface area contributed by atoms with Crippen LogP contribution in [0.15, 0.2) is 29.3 Å². The molecule has 1 atom stereocenters. The Labute approximate surface area is 185 Å². The lowest BCUT2D eigenvalue weighted by Crippen LogP contribution is -2.50. The summed E-state index contributed by atoms with van der Waals surface area (Å²) in [7, 11) is 5.39. The predicted molar refractivity (Wildman–Crippen MR) is 120 cm³/mol. The minimum Gasteiger partial charge on any atom is -0.379 e. The summed E-state index contributed by atoms with van der Waals surface area (Å²) < 4.78 is 19.0. The maximum Gasteiger partial charge on any atom is 0.230 e. The molecule has 7 nitrogen and oxygen atoms in total. The topological polar surface area (TPSA) is 69.2 Å². The van der Waals surface area contributed by atoms with Gasteiger partial charge in [0.15, 0.2) is 5.96 Å². The van der Waals surface area contributed by atoms with Crippen LogP contribution < -0.4 is 10.6 Å². The number of benzene rings is 1. The Morgan fingerprint density at radius 3 is 2.42 bits per heavy atom. The third-order valence-corrected chi connectivity index (χ3v) is 6.44. The van der Waals surface area contributed by atoms with Crippen molar-refractivity contribution in [1.29, 1.82) is 0 Å². The summed E-state index contributed by atoms with van der Waals surface area (Å²) >= 11 is 0. The summed E-state index contributed by atoms with van der Waals surface area (Å²) in [5.41, 5.74) is 0.697. The van der Waals surface area contributed by atoms with E-state index in [-0.39, 0.29) is 23.2 Å². The molecule has 31 heavy (non-hydrogen) atoms. The molecule has 0 bridgehead atoms. The molecule has 2 aliphatic rings. The highest BCUT2D eigenvalue weighted by atomic mass is 19.1. The highest BCUT2D eigenvalue weighted by molar-refractivity contribution is 5.85. The number of halogens is 1. The molecule has 3 rings (SSSR count). The van der Waals surface area contributed by atoms with Gasteiger partial charge in [0.05, 0.1) is 24.7 Å². The lowest BCUT2D eigenvalue weighted by atomic mass is 9.84. The van der Waals surface area contributed by atoms with Gasteiger partial charge in [-0.25, -0.2) is 4.39 Å². The molecule has 172 valence electrons. The summed E-state index contributed by atoms with van der Waals surface area (Å²) in [5.74, 6) is 0.631. The number of carbonyl (C=O) groups excluding carboxylic acids is 1. The van der Waals surface area contributed by atoms with Crippen LogP contribution in [-0.2, 0) is 9.53 Å². The van der Waals surface area contributed by atoms with E-state index in [1.807, 2.05) is 26.2 Å². The molecule has 1 amide bonds. The minimum atomic E-state index is -0.359. The van der Waals surface area contributed by atoms with E-state index in [0.717, 1.165) is 44.3 Å². The van der Waals surface area contributed by atoms with E-state index >= 15 is 0 Å². The molecule has 1 saturated carbocycles. The molecule has 8 heteroatoms. The van der Waals surface area contributed by atoms with Gasteiger partial charge in [-0.15, -0.1) is 0 Å². The van der Waals surface area contributed by atoms with Crippen molar-refractivity contribution in [3.63, 3.8) is 0 Å². The summed E-state index contributed by atoms with van der Waals surface area (Å²) in [6.45, 7) is 4.24. The van der Waals surface area contributed by atoms with Gasteiger partial charge in [0.2, 0.25) is 5.91 Å². The summed E-state index contributed by atoms with van der Waals surface area (Å²) in [4.78, 5) is 21.3. The van der Waals surface area contributed by atoms with Gasteiger partial charge in [-0.2, -0.15) is 0 Å². The van der Waals surface area contributed by atoms with E-state index in [9.17, 15) is 9.18 Å². The van der Waals surface area contributed by atoms with Crippen LogP contribution in [0, 0.1) is 11.2 Å². The molecule has 0 radical (unpaired) electrons. The van der Waals surface area contributed by atoms with E-state index in [1.165, 1.54) is 12.1 Å². The van der Waals surface area contributed by atoms with Crippen molar-refractivity contribution in [3.8, 4) is 0 Å². The van der Waals surface area contributed by atoms with E-state index < -0.39 is 0 Å². The predicted octanol–water partition coefficient (Wildman–Crippen LogP) is 2.01. The number of ether oxygens (including phenoxy) is 1. The molecular weight excluding hydrogens is 397 g/mol. The summed E-state index contributed by atoms with van der Waals surface area (Å²) in [5, 5.41) is 6.82. The van der Waals surface area contributed by atoms with Crippen LogP contribution >= 0.6 is 0 Å². The smallest absolute Gasteiger partial charge is 0.230 e. The van der Waals surface area contributed by atoms with Gasteiger partial charge in [-0.05, 0) is 30.5 Å². The molecule has 1 aliphatic heterocycles. The number of amides is 1. The fourth-order valence-electron chi connectivity index (χ4n) is 4.69. The summed E-state index contributed by atoms with van der Waals surface area (Å²) in [6.07, 6.45) is 3.97. The monoisotopic (exact) mass is 433 g/mol. The molecule has 1 saturated heterocycles. The molecule has 1 unspecified atom stereocenters. The zero-order valence-electron chi connectivity index (χ0n) is 19.0. The molecule has 1 aromatic carbocycles. The zero-order chi connectivity index (χ0) is 22.3. The van der Waals surface area contributed by atoms with Gasteiger partial charge in [-0.3, -0.25) is 14.7 Å². The third kappa shape index (κ3) is 5.95. The number of morpholine rings is 1. The number of nitrogens with zero attached hydrogens (tertiary/aromatic N) is 3. The fraction of sp³-hybridized carbons (Fsp3) is 0.652. The van der Waals surface area contributed by atoms with Gasteiger partial charge in [0, 0.05) is 47.3 Å². The van der Waals surface area contributed by atoms with Gasteiger partial charge in [0.25, 0.3) is 0 Å². The maximum atomic E-state index is 13.5. The number of hydrogen-bond donors (Lipinski definition) is 2. The number of rotatable bonds is 7. The lowest BCUT2D eigenvalue weighted by Gasteiger charge is -2.35. The Morgan fingerprint density at radius 1 is 1.19 bits per heavy atom. The van der Waals surface area contributed by atoms with E-state index in [4.69, 9.17) is 4.74 Å². The first kappa shape index (κ1) is 23.5. The van der Waals surface area contributed by atoms with Crippen LogP contribution in [0.3, 0.4) is 0 Å². The molecule has 0 aromatic heterocycles. The van der Waals surface area contributed by atoms with Crippen molar-refractivity contribution in [2.24, 2.45) is 10.4 Å². The number of guanidine groups is 1. The Hall–Kier alpha value is -2.19. The van der Waals surface area contributed by atoms with Gasteiger partial charge < -0.3 is 20.3 Å². The van der Waals surface area contributed by atoms with Crippen LogP contribution in [0.5, 0.6) is 0 Å². The fourth-order valence-corrected chi connectivity index (χ4v) is 4.69. The standard InChI is InChI=1S/C23H36FN5O2/c1-25-22(27-17-23(10-4-5-11-23)21(30)28(2)3)26-16-20(29-12-14-31-15-13-29)18-6-8-19(24)9-7-18/h6-9,20H,4-5,10-17H2,1-3H3,(H2,25,26,27). The largest absolute Gasteiger partial charge is 0.379 e. The van der Waals surface area contributed by atoms with Crippen molar-refractivity contribution in [3.05, 3.63) is 35.6 Å². The van der Waals surface area contributed by atoms with Crippen LogP contribution in [0.2, 0.25) is 0 Å². The second-order valence-electron chi connectivity index (χ2n) is 8.71. The molecule has 1 aromatic rings. The second-order valence-corrected chi connectivity index (χ2v) is 8.71. The minimum absolute atomic E-state index is 0.0758. The first-order chi connectivity index (χ1) is 14.9. The van der Waals surface area contributed by atoms with Crippen LogP contribution in [0.25, 0.3) is 0 Å². The first-order valence-corrected chi connectivity index (χ1v) is 11.2. The Balaban J connectivity index is 1.65. The van der Waals surface area contributed by atoms with Crippen LogP contribution in [0.1, 0.15) is 37.3 Å². The molecule has 2 fully saturated rings. The van der Waals surface area contributed by atoms with E-state index in [2.05, 4.69) is 20.5 Å². The molecule has 1 heterocycles. The van der Waals surface area contributed by atoms with Gasteiger partial charge in [-0.1, -0.05) is 25.0 Å². The van der Waals surface area contributed by atoms with Crippen molar-refractivity contribution in [1.82, 2.24) is 20.4 Å². The number of aliphatic imine (C=N–C) groups is 1. The molecule has 0 spiro atoms. The van der Waals surface area contributed by atoms with Crippen LogP contribution in [-0.4, -0.2) is 82.2 Å². The SMILES string of the molecule is CN=C(NCC(c1ccc(F)cc1)N1CCOCC1)NCC1(C(=O)N(C)C)CCCC1. The average molecular weight is 434 g/mol. The Morgan fingerprint density at radius 2 is 1.84 bits per heavy atom. The Bertz CT molecular complexity index is 741. The van der Waals surface area contributed by atoms with E-state index in [0.29, 0.717) is 32.3 Å². The number of carbonyl (C=O) groups is 1. The van der Waals surface area contributed by atoms with Crippen molar-refractivity contribution in [2.75, 3.05) is 60.5 Å². The average Bonchev–Trinajstić information content (AvgIpc) is 3.27. The first-order valence-electron chi connectivity index (χ1n) is 11.2. The normalized spacial score (nSPS) is 20.3. The molecule has 1 aliphatic carbocycles. The van der Waals surface area contributed by atoms with E-state index in [1.54, 1.807) is 11.9 Å². The van der Waals surface area contributed by atoms with Gasteiger partial charge in [0.1, 0.15) is 5.82 Å². The van der Waals surface area contributed by atoms with Crippen molar-refractivity contribution < 1.29 is 13.9 Å². The van der Waals surface area contributed by atoms with Crippen LogP contribution in [0.4, 0.5) is 4.39 Å².